The quantitative estimate of drug-likeness (QED) is 0.544. The number of halogens is 1. The van der Waals surface area contributed by atoms with E-state index < -0.39 is 15.1 Å². The molecule has 0 aliphatic rings. The lowest BCUT2D eigenvalue weighted by molar-refractivity contribution is -0.115. The zero-order chi connectivity index (χ0) is 20.1. The molecule has 0 aliphatic carbocycles. The zero-order valence-corrected chi connectivity index (χ0v) is 17.4. The Kier molecular flexibility index (Phi) is 6.44. The Bertz CT molecular complexity index is 1070. The summed E-state index contributed by atoms with van der Waals surface area (Å²) in [6.45, 7) is 0. The van der Waals surface area contributed by atoms with E-state index in [1.807, 2.05) is 60.7 Å². The number of amides is 1. The number of sulfone groups is 1. The summed E-state index contributed by atoms with van der Waals surface area (Å²) in [5.74, 6) is -0.285. The molecule has 0 saturated carbocycles. The number of carbonyl (C=O) groups is 1. The summed E-state index contributed by atoms with van der Waals surface area (Å²) < 4.78 is 23.6. The number of hydrogen-bond donors (Lipinski definition) is 1. The van der Waals surface area contributed by atoms with E-state index >= 15 is 0 Å². The molecule has 3 rings (SSSR count). The Hall–Kier alpha value is -2.28. The summed E-state index contributed by atoms with van der Waals surface area (Å²) in [7, 11) is -3.41. The molecule has 3 aromatic rings. The number of benzene rings is 3. The van der Waals surface area contributed by atoms with Gasteiger partial charge in [-0.2, -0.15) is 0 Å². The Morgan fingerprint density at radius 1 is 0.964 bits per heavy atom. The fourth-order valence-corrected chi connectivity index (χ4v) is 4.42. The van der Waals surface area contributed by atoms with E-state index in [0.29, 0.717) is 0 Å². The topological polar surface area (TPSA) is 63.2 Å². The summed E-state index contributed by atoms with van der Waals surface area (Å²) in [5, 5.41) is 2.53. The molecule has 4 nitrogen and oxygen atoms in total. The van der Waals surface area contributed by atoms with Crippen LogP contribution in [0, 0.1) is 0 Å². The summed E-state index contributed by atoms with van der Waals surface area (Å²) in [5.41, 5.74) is 1.11. The van der Waals surface area contributed by atoms with Crippen LogP contribution < -0.4 is 5.32 Å². The molecule has 0 aliphatic heterocycles. The van der Waals surface area contributed by atoms with Crippen molar-refractivity contribution < 1.29 is 13.2 Å². The van der Waals surface area contributed by atoms with Crippen molar-refractivity contribution in [1.29, 1.82) is 0 Å². The van der Waals surface area contributed by atoms with E-state index in [0.717, 1.165) is 16.7 Å². The molecule has 0 spiro atoms. The van der Waals surface area contributed by atoms with Crippen LogP contribution in [0.5, 0.6) is 0 Å². The second-order valence-corrected chi connectivity index (χ2v) is 9.73. The molecule has 0 aromatic heterocycles. The van der Waals surface area contributed by atoms with Gasteiger partial charge in [-0.1, -0.05) is 60.1 Å². The second kappa shape index (κ2) is 8.82. The standard InChI is InChI=1S/C21H18ClNO3S2/c1-28(25,26)17-12-13-18(22)19(14-17)23-21(24)20(15-8-4-2-5-9-15)27-16-10-6-3-7-11-16/h2-14,20H,1H3,(H,23,24)/t20-/m1/s1. The third-order valence-corrected chi connectivity index (χ3v) is 6.67. The predicted molar refractivity (Wildman–Crippen MR) is 115 cm³/mol. The first-order chi connectivity index (χ1) is 13.3. The fraction of sp³-hybridized carbons (Fsp3) is 0.0952. The summed E-state index contributed by atoms with van der Waals surface area (Å²) in [6, 6.07) is 23.3. The molecule has 1 amide bonds. The van der Waals surface area contributed by atoms with Gasteiger partial charge in [0.1, 0.15) is 5.25 Å². The average molecular weight is 432 g/mol. The molecule has 0 heterocycles. The molecule has 0 bridgehead atoms. The van der Waals surface area contributed by atoms with E-state index in [-0.39, 0.29) is 21.5 Å². The van der Waals surface area contributed by atoms with Gasteiger partial charge in [0, 0.05) is 11.2 Å². The summed E-state index contributed by atoms with van der Waals surface area (Å²) in [4.78, 5) is 14.1. The molecule has 1 atom stereocenters. The van der Waals surface area contributed by atoms with Crippen molar-refractivity contribution in [2.45, 2.75) is 15.0 Å². The highest BCUT2D eigenvalue weighted by molar-refractivity contribution is 8.00. The Morgan fingerprint density at radius 2 is 1.57 bits per heavy atom. The largest absolute Gasteiger partial charge is 0.323 e. The van der Waals surface area contributed by atoms with Crippen LogP contribution in [0.15, 0.2) is 88.7 Å². The smallest absolute Gasteiger partial charge is 0.242 e. The Labute approximate surface area is 173 Å². The highest BCUT2D eigenvalue weighted by atomic mass is 35.5. The van der Waals surface area contributed by atoms with Crippen molar-refractivity contribution in [2.75, 3.05) is 11.6 Å². The van der Waals surface area contributed by atoms with Gasteiger partial charge < -0.3 is 5.32 Å². The lowest BCUT2D eigenvalue weighted by Gasteiger charge is -2.18. The van der Waals surface area contributed by atoms with Crippen molar-refractivity contribution in [3.63, 3.8) is 0 Å². The van der Waals surface area contributed by atoms with Gasteiger partial charge in [-0.05, 0) is 35.9 Å². The first-order valence-corrected chi connectivity index (χ1v) is 11.6. The first-order valence-electron chi connectivity index (χ1n) is 8.42. The van der Waals surface area contributed by atoms with Crippen molar-refractivity contribution in [3.8, 4) is 0 Å². The second-order valence-electron chi connectivity index (χ2n) is 6.12. The average Bonchev–Trinajstić information content (AvgIpc) is 2.68. The minimum atomic E-state index is -3.41. The van der Waals surface area contributed by atoms with Crippen LogP contribution in [0.25, 0.3) is 0 Å². The molecular formula is C21H18ClNO3S2. The lowest BCUT2D eigenvalue weighted by atomic mass is 10.1. The predicted octanol–water partition coefficient (Wildman–Crippen LogP) is 5.22. The Morgan fingerprint density at radius 3 is 2.18 bits per heavy atom. The maximum absolute atomic E-state index is 13.1. The van der Waals surface area contributed by atoms with E-state index in [1.54, 1.807) is 0 Å². The molecule has 7 heteroatoms. The Balaban J connectivity index is 1.92. The van der Waals surface area contributed by atoms with Crippen LogP contribution in [0.2, 0.25) is 5.02 Å². The highest BCUT2D eigenvalue weighted by Crippen LogP contribution is 2.37. The van der Waals surface area contributed by atoms with E-state index in [9.17, 15) is 13.2 Å². The summed E-state index contributed by atoms with van der Waals surface area (Å²) >= 11 is 7.60. The minimum Gasteiger partial charge on any atom is -0.323 e. The van der Waals surface area contributed by atoms with Gasteiger partial charge in [0.15, 0.2) is 9.84 Å². The molecule has 0 radical (unpaired) electrons. The van der Waals surface area contributed by atoms with Crippen molar-refractivity contribution >= 4 is 44.8 Å². The van der Waals surface area contributed by atoms with Gasteiger partial charge in [-0.3, -0.25) is 4.79 Å². The lowest BCUT2D eigenvalue weighted by Crippen LogP contribution is -2.19. The third-order valence-electron chi connectivity index (χ3n) is 3.96. The molecule has 144 valence electrons. The molecule has 0 saturated heterocycles. The van der Waals surface area contributed by atoms with Gasteiger partial charge in [-0.15, -0.1) is 11.8 Å². The van der Waals surface area contributed by atoms with Gasteiger partial charge >= 0.3 is 0 Å². The van der Waals surface area contributed by atoms with Crippen LogP contribution in [0.1, 0.15) is 10.8 Å². The fourth-order valence-electron chi connectivity index (χ4n) is 2.57. The van der Waals surface area contributed by atoms with Crippen LogP contribution in [0.3, 0.4) is 0 Å². The maximum atomic E-state index is 13.1. The monoisotopic (exact) mass is 431 g/mol. The van der Waals surface area contributed by atoms with Gasteiger partial charge in [0.25, 0.3) is 0 Å². The number of thioether (sulfide) groups is 1. The normalized spacial score (nSPS) is 12.4. The molecule has 0 unspecified atom stereocenters. The van der Waals surface area contributed by atoms with Crippen LogP contribution in [-0.4, -0.2) is 20.6 Å². The van der Waals surface area contributed by atoms with Crippen LogP contribution >= 0.6 is 23.4 Å². The van der Waals surface area contributed by atoms with Crippen LogP contribution in [0.4, 0.5) is 5.69 Å². The molecule has 3 aromatic carbocycles. The zero-order valence-electron chi connectivity index (χ0n) is 15.0. The third kappa shape index (κ3) is 5.16. The van der Waals surface area contributed by atoms with Gasteiger partial charge in [0.2, 0.25) is 5.91 Å². The number of hydrogen-bond acceptors (Lipinski definition) is 4. The molecular weight excluding hydrogens is 414 g/mol. The van der Waals surface area contributed by atoms with Gasteiger partial charge in [0.05, 0.1) is 15.6 Å². The summed E-state index contributed by atoms with van der Waals surface area (Å²) in [6.07, 6.45) is 1.11. The first kappa shape index (κ1) is 20.5. The number of carbonyl (C=O) groups excluding carboxylic acids is 1. The van der Waals surface area contributed by atoms with E-state index in [2.05, 4.69) is 5.32 Å². The van der Waals surface area contributed by atoms with Crippen molar-refractivity contribution in [2.24, 2.45) is 0 Å². The van der Waals surface area contributed by atoms with E-state index in [1.165, 1.54) is 30.0 Å². The number of rotatable bonds is 6. The van der Waals surface area contributed by atoms with Gasteiger partial charge in [-0.25, -0.2) is 8.42 Å². The van der Waals surface area contributed by atoms with Crippen molar-refractivity contribution in [1.82, 2.24) is 0 Å². The molecule has 1 N–H and O–H groups in total. The minimum absolute atomic E-state index is 0.0965. The number of anilines is 1. The SMILES string of the molecule is CS(=O)(=O)c1ccc(Cl)c(NC(=O)[C@H](Sc2ccccc2)c2ccccc2)c1. The number of nitrogens with one attached hydrogen (secondary N) is 1. The maximum Gasteiger partial charge on any atom is 0.242 e. The van der Waals surface area contributed by atoms with Crippen LogP contribution in [-0.2, 0) is 14.6 Å². The molecule has 0 fully saturated rings. The molecule has 28 heavy (non-hydrogen) atoms. The highest BCUT2D eigenvalue weighted by Gasteiger charge is 2.23. The van der Waals surface area contributed by atoms with Crippen molar-refractivity contribution in [3.05, 3.63) is 89.4 Å². The van der Waals surface area contributed by atoms with E-state index in [4.69, 9.17) is 11.6 Å².